The first-order valence-electron chi connectivity index (χ1n) is 10.7. The Morgan fingerprint density at radius 2 is 1.67 bits per heavy atom. The molecular formula is C25H28N5O2S+. The van der Waals surface area contributed by atoms with E-state index in [2.05, 4.69) is 56.5 Å². The standard InChI is InChI=1S/C25H27N5O2S/c1-18-25(19(2)30(3)28-18)29-33(31,32)23-13-14-24(27-17-23)26-16-15-20-9-11-22(12-10-20)21-7-5-4-6-8-21/h4-14,17H,15-16H2,1-3H3,(H2-,26,27,29,31,32)/p+1. The Labute approximate surface area is 195 Å². The maximum atomic E-state index is 12.9. The van der Waals surface area contributed by atoms with Crippen LogP contribution in [-0.4, -0.2) is 25.9 Å². The number of rotatable bonds is 8. The number of benzene rings is 2. The predicted octanol–water partition coefficient (Wildman–Crippen LogP) is 5.11. The molecule has 4 aromatic rings. The maximum absolute atomic E-state index is 12.9. The summed E-state index contributed by atoms with van der Waals surface area (Å²) in [4.78, 5) is 4.53. The second kappa shape index (κ2) is 9.56. The third kappa shape index (κ3) is 5.30. The van der Waals surface area contributed by atoms with Gasteiger partial charge in [-0.15, -0.1) is 0 Å². The van der Waals surface area contributed by atoms with Gasteiger partial charge >= 0.3 is 10.4 Å². The van der Waals surface area contributed by atoms with Gasteiger partial charge in [-0.1, -0.05) is 54.6 Å². The van der Waals surface area contributed by atoms with Gasteiger partial charge in [-0.2, -0.15) is 14.4 Å². The Balaban J connectivity index is 1.33. The molecule has 4 rings (SSSR count). The molecule has 1 unspecified atom stereocenters. The molecular weight excluding hydrogens is 434 g/mol. The van der Waals surface area contributed by atoms with Crippen molar-refractivity contribution in [2.75, 3.05) is 16.6 Å². The molecule has 0 spiro atoms. The molecule has 1 atom stereocenters. The third-order valence-corrected chi connectivity index (χ3v) is 6.95. The zero-order valence-electron chi connectivity index (χ0n) is 18.9. The summed E-state index contributed by atoms with van der Waals surface area (Å²) in [5.41, 5.74) is 5.64. The molecule has 2 aromatic heterocycles. The van der Waals surface area contributed by atoms with E-state index < -0.39 is 10.4 Å². The summed E-state index contributed by atoms with van der Waals surface area (Å²) in [7, 11) is -1.70. The van der Waals surface area contributed by atoms with Crippen LogP contribution in [0.25, 0.3) is 11.1 Å². The normalized spacial score (nSPS) is 12.8. The first-order chi connectivity index (χ1) is 15.8. The molecule has 170 valence electrons. The van der Waals surface area contributed by atoms with Gasteiger partial charge in [0.15, 0.2) is 0 Å². The number of hydrogen-bond acceptors (Lipinski definition) is 4. The van der Waals surface area contributed by atoms with Crippen LogP contribution in [0.5, 0.6) is 0 Å². The molecule has 0 aliphatic carbocycles. The lowest BCUT2D eigenvalue weighted by molar-refractivity contribution is 0.502. The fourth-order valence-corrected chi connectivity index (χ4v) is 4.73. The molecule has 8 heteroatoms. The van der Waals surface area contributed by atoms with E-state index in [0.29, 0.717) is 23.7 Å². The first kappa shape index (κ1) is 22.7. The number of anilines is 2. The van der Waals surface area contributed by atoms with Crippen molar-refractivity contribution < 1.29 is 8.76 Å². The third-order valence-electron chi connectivity index (χ3n) is 5.59. The Morgan fingerprint density at radius 3 is 2.27 bits per heavy atom. The number of aryl methyl sites for hydroxylation is 2. The summed E-state index contributed by atoms with van der Waals surface area (Å²) in [6.45, 7) is 4.35. The van der Waals surface area contributed by atoms with Crippen LogP contribution < -0.4 is 10.0 Å². The number of aromatic nitrogens is 3. The Hall–Kier alpha value is -3.49. The molecule has 0 bridgehead atoms. The van der Waals surface area contributed by atoms with Crippen molar-refractivity contribution >= 4 is 21.9 Å². The average molecular weight is 463 g/mol. The molecule has 0 saturated carbocycles. The van der Waals surface area contributed by atoms with Gasteiger partial charge in [0.25, 0.3) is 0 Å². The zero-order valence-corrected chi connectivity index (χ0v) is 19.8. The topological polar surface area (TPSA) is 92.1 Å². The van der Waals surface area contributed by atoms with Crippen LogP contribution in [0.3, 0.4) is 0 Å². The Kier molecular flexibility index (Phi) is 6.57. The molecule has 2 heterocycles. The van der Waals surface area contributed by atoms with Crippen LogP contribution in [0, 0.1) is 13.8 Å². The van der Waals surface area contributed by atoms with Crippen molar-refractivity contribution in [1.29, 1.82) is 0 Å². The maximum Gasteiger partial charge on any atom is 0.347 e. The molecule has 0 aliphatic heterocycles. The average Bonchev–Trinajstić information content (AvgIpc) is 3.06. The van der Waals surface area contributed by atoms with E-state index in [1.165, 1.54) is 22.9 Å². The second-order valence-corrected chi connectivity index (χ2v) is 9.64. The fraction of sp³-hybridized carbons (Fsp3) is 0.200. The van der Waals surface area contributed by atoms with Crippen molar-refractivity contribution in [3.05, 3.63) is 89.9 Å². The van der Waals surface area contributed by atoms with Gasteiger partial charge in [0.1, 0.15) is 11.5 Å². The number of hydrogen-bond donors (Lipinski definition) is 3. The molecule has 0 amide bonds. The molecule has 0 radical (unpaired) electrons. The van der Waals surface area contributed by atoms with E-state index in [9.17, 15) is 8.76 Å². The number of nitrogens with zero attached hydrogens (tertiary/aromatic N) is 3. The highest BCUT2D eigenvalue weighted by molar-refractivity contribution is 7.99. The van der Waals surface area contributed by atoms with Gasteiger partial charge < -0.3 is 5.32 Å². The highest BCUT2D eigenvalue weighted by Crippen LogP contribution is 2.25. The molecule has 7 nitrogen and oxygen atoms in total. The lowest BCUT2D eigenvalue weighted by Crippen LogP contribution is -2.21. The minimum Gasteiger partial charge on any atom is -0.370 e. The quantitative estimate of drug-likeness (QED) is 0.316. The highest BCUT2D eigenvalue weighted by Gasteiger charge is 2.32. The summed E-state index contributed by atoms with van der Waals surface area (Å²) >= 11 is 0. The van der Waals surface area contributed by atoms with Gasteiger partial charge in [-0.25, -0.2) is 4.98 Å². The van der Waals surface area contributed by atoms with Crippen molar-refractivity contribution in [1.82, 2.24) is 14.8 Å². The zero-order chi connectivity index (χ0) is 23.4. The molecule has 0 aliphatic rings. The van der Waals surface area contributed by atoms with Gasteiger partial charge in [-0.3, -0.25) is 4.68 Å². The van der Waals surface area contributed by atoms with Gasteiger partial charge in [0, 0.05) is 19.7 Å². The predicted molar refractivity (Wildman–Crippen MR) is 134 cm³/mol. The van der Waals surface area contributed by atoms with Crippen LogP contribution in [0.4, 0.5) is 11.5 Å². The van der Waals surface area contributed by atoms with Crippen molar-refractivity contribution in [3.8, 4) is 11.1 Å². The summed E-state index contributed by atoms with van der Waals surface area (Å²) in [6, 6.07) is 22.2. The van der Waals surface area contributed by atoms with Crippen LogP contribution in [0.15, 0.2) is 77.8 Å². The summed E-state index contributed by atoms with van der Waals surface area (Å²) in [5, 5.41) is 7.54. The van der Waals surface area contributed by atoms with Gasteiger partial charge in [0.2, 0.25) is 4.90 Å². The number of nitrogens with one attached hydrogen (secondary N) is 2. The van der Waals surface area contributed by atoms with Gasteiger partial charge in [-0.05, 0) is 47.2 Å². The monoisotopic (exact) mass is 462 g/mol. The van der Waals surface area contributed by atoms with Crippen molar-refractivity contribution in [3.63, 3.8) is 0 Å². The van der Waals surface area contributed by atoms with E-state index in [0.717, 1.165) is 12.1 Å². The lowest BCUT2D eigenvalue weighted by atomic mass is 10.0. The second-order valence-electron chi connectivity index (χ2n) is 7.92. The summed E-state index contributed by atoms with van der Waals surface area (Å²) in [6.07, 6.45) is 2.27. The molecule has 3 N–H and O–H groups in total. The van der Waals surface area contributed by atoms with Gasteiger partial charge in [0.05, 0.1) is 17.6 Å². The van der Waals surface area contributed by atoms with Crippen molar-refractivity contribution in [2.45, 2.75) is 25.2 Å². The van der Waals surface area contributed by atoms with Crippen molar-refractivity contribution in [2.24, 2.45) is 7.05 Å². The fourth-order valence-electron chi connectivity index (χ4n) is 3.60. The summed E-state index contributed by atoms with van der Waals surface area (Å²) < 4.78 is 27.8. The van der Waals surface area contributed by atoms with E-state index in [1.54, 1.807) is 30.8 Å². The first-order valence-corrected chi connectivity index (χ1v) is 12.2. The van der Waals surface area contributed by atoms with E-state index >= 15 is 0 Å². The number of pyridine rings is 1. The lowest BCUT2D eigenvalue weighted by Gasteiger charge is -2.09. The SMILES string of the molecule is Cc1nn(C)c(C)c1N[S+](=O)(O)c1ccc(NCCc2ccc(-c3ccccc3)cc2)nc1. The smallest absolute Gasteiger partial charge is 0.347 e. The Morgan fingerprint density at radius 1 is 0.970 bits per heavy atom. The largest absolute Gasteiger partial charge is 0.370 e. The van der Waals surface area contributed by atoms with E-state index in [4.69, 9.17) is 0 Å². The van der Waals surface area contributed by atoms with E-state index in [-0.39, 0.29) is 4.90 Å². The molecule has 0 fully saturated rings. The highest BCUT2D eigenvalue weighted by atomic mass is 32.3. The molecule has 33 heavy (non-hydrogen) atoms. The van der Waals surface area contributed by atoms with E-state index in [1.807, 2.05) is 25.1 Å². The minimum absolute atomic E-state index is 0.215. The van der Waals surface area contributed by atoms with Crippen LogP contribution in [-0.2, 0) is 28.1 Å². The summed E-state index contributed by atoms with van der Waals surface area (Å²) in [5.74, 6) is 0.656. The van der Waals surface area contributed by atoms with Crippen LogP contribution in [0.2, 0.25) is 0 Å². The van der Waals surface area contributed by atoms with Crippen LogP contribution in [0.1, 0.15) is 17.0 Å². The van der Waals surface area contributed by atoms with Crippen LogP contribution >= 0.6 is 0 Å². The minimum atomic E-state index is -3.50. The Bertz CT molecular complexity index is 1270. The molecule has 0 saturated heterocycles. The molecule has 2 aromatic carbocycles.